The SMILES string of the molecule is COc1ccc(-c2cn3c(CC(=O)Nc4ccc(C(C)=O)cc4)csc3n2)cc1. The van der Waals surface area contributed by atoms with Crippen LogP contribution in [0.2, 0.25) is 0 Å². The molecule has 1 amide bonds. The lowest BCUT2D eigenvalue weighted by Gasteiger charge is -2.05. The third kappa shape index (κ3) is 4.05. The number of ketones is 1. The van der Waals surface area contributed by atoms with Crippen LogP contribution in [0.5, 0.6) is 5.75 Å². The fourth-order valence-corrected chi connectivity index (χ4v) is 3.89. The standard InChI is InChI=1S/C22H19N3O3S/c1-14(26)15-3-7-17(8-4-15)23-21(27)11-18-13-29-22-24-20(12-25(18)22)16-5-9-19(28-2)10-6-16/h3-10,12-13H,11H2,1-2H3,(H,23,27). The number of benzene rings is 2. The van der Waals surface area contributed by atoms with E-state index >= 15 is 0 Å². The Hall–Kier alpha value is -3.45. The van der Waals surface area contributed by atoms with Crippen molar-refractivity contribution < 1.29 is 14.3 Å². The third-order valence-electron chi connectivity index (χ3n) is 4.59. The van der Waals surface area contributed by atoms with Crippen molar-refractivity contribution in [2.24, 2.45) is 0 Å². The summed E-state index contributed by atoms with van der Waals surface area (Å²) in [6, 6.07) is 14.6. The van der Waals surface area contributed by atoms with Crippen molar-refractivity contribution >= 4 is 33.7 Å². The first-order chi connectivity index (χ1) is 14.0. The number of carbonyl (C=O) groups excluding carboxylic acids is 2. The summed E-state index contributed by atoms with van der Waals surface area (Å²) in [7, 11) is 1.64. The van der Waals surface area contributed by atoms with Gasteiger partial charge in [-0.3, -0.25) is 14.0 Å². The molecule has 4 aromatic rings. The van der Waals surface area contributed by atoms with Gasteiger partial charge in [-0.1, -0.05) is 0 Å². The van der Waals surface area contributed by atoms with Crippen molar-refractivity contribution in [3.05, 3.63) is 71.4 Å². The Bertz CT molecular complexity index is 1170. The van der Waals surface area contributed by atoms with Gasteiger partial charge in [0, 0.05) is 34.1 Å². The van der Waals surface area contributed by atoms with Crippen molar-refractivity contribution in [3.63, 3.8) is 0 Å². The highest BCUT2D eigenvalue weighted by Crippen LogP contribution is 2.25. The number of imidazole rings is 1. The maximum Gasteiger partial charge on any atom is 0.230 e. The van der Waals surface area contributed by atoms with Gasteiger partial charge in [-0.15, -0.1) is 11.3 Å². The lowest BCUT2D eigenvalue weighted by molar-refractivity contribution is -0.115. The summed E-state index contributed by atoms with van der Waals surface area (Å²) in [5.74, 6) is 0.666. The first-order valence-electron chi connectivity index (χ1n) is 9.04. The molecule has 0 bridgehead atoms. The Labute approximate surface area is 171 Å². The molecular weight excluding hydrogens is 386 g/mol. The first kappa shape index (κ1) is 18.9. The molecule has 0 saturated heterocycles. The van der Waals surface area contributed by atoms with E-state index in [0.717, 1.165) is 27.7 Å². The van der Waals surface area contributed by atoms with E-state index in [1.165, 1.54) is 18.3 Å². The van der Waals surface area contributed by atoms with Crippen LogP contribution in [-0.4, -0.2) is 28.2 Å². The summed E-state index contributed by atoms with van der Waals surface area (Å²) in [4.78, 5) is 29.3. The summed E-state index contributed by atoms with van der Waals surface area (Å²) in [5, 5.41) is 4.81. The molecule has 0 aliphatic heterocycles. The average molecular weight is 405 g/mol. The van der Waals surface area contributed by atoms with E-state index in [0.29, 0.717) is 11.3 Å². The second-order valence-electron chi connectivity index (χ2n) is 6.59. The van der Waals surface area contributed by atoms with E-state index < -0.39 is 0 Å². The smallest absolute Gasteiger partial charge is 0.230 e. The van der Waals surface area contributed by atoms with Gasteiger partial charge < -0.3 is 10.1 Å². The molecule has 2 aromatic heterocycles. The van der Waals surface area contributed by atoms with Gasteiger partial charge in [-0.2, -0.15) is 0 Å². The van der Waals surface area contributed by atoms with Gasteiger partial charge in [0.25, 0.3) is 0 Å². The lowest BCUT2D eigenvalue weighted by atomic mass is 10.1. The van der Waals surface area contributed by atoms with Crippen LogP contribution in [0.15, 0.2) is 60.1 Å². The second-order valence-corrected chi connectivity index (χ2v) is 7.43. The minimum Gasteiger partial charge on any atom is -0.497 e. The normalized spacial score (nSPS) is 10.8. The lowest BCUT2D eigenvalue weighted by Crippen LogP contribution is -2.15. The Kier molecular flexibility index (Phi) is 5.14. The van der Waals surface area contributed by atoms with E-state index in [1.54, 1.807) is 31.4 Å². The van der Waals surface area contributed by atoms with E-state index in [2.05, 4.69) is 10.3 Å². The number of anilines is 1. The zero-order valence-electron chi connectivity index (χ0n) is 16.0. The number of rotatable bonds is 6. The van der Waals surface area contributed by atoms with Crippen LogP contribution >= 0.6 is 11.3 Å². The second kappa shape index (κ2) is 7.89. The molecule has 7 heteroatoms. The molecule has 0 aliphatic carbocycles. The topological polar surface area (TPSA) is 72.7 Å². The van der Waals surface area contributed by atoms with Crippen LogP contribution in [0.25, 0.3) is 16.2 Å². The molecule has 1 N–H and O–H groups in total. The van der Waals surface area contributed by atoms with Gasteiger partial charge in [-0.25, -0.2) is 4.98 Å². The molecule has 0 spiro atoms. The number of aromatic nitrogens is 2. The first-order valence-corrected chi connectivity index (χ1v) is 9.92. The molecule has 146 valence electrons. The molecule has 29 heavy (non-hydrogen) atoms. The fraction of sp³-hybridized carbons (Fsp3) is 0.136. The van der Waals surface area contributed by atoms with Gasteiger partial charge in [-0.05, 0) is 55.5 Å². The highest BCUT2D eigenvalue weighted by atomic mass is 32.1. The number of nitrogens with zero attached hydrogens (tertiary/aromatic N) is 2. The Morgan fingerprint density at radius 2 is 1.83 bits per heavy atom. The average Bonchev–Trinajstić information content (AvgIpc) is 3.30. The van der Waals surface area contributed by atoms with Crippen molar-refractivity contribution in [3.8, 4) is 17.0 Å². The van der Waals surface area contributed by atoms with Crippen molar-refractivity contribution in [1.29, 1.82) is 0 Å². The monoisotopic (exact) mass is 405 g/mol. The van der Waals surface area contributed by atoms with E-state index in [1.807, 2.05) is 40.2 Å². The molecule has 0 radical (unpaired) electrons. The van der Waals surface area contributed by atoms with Gasteiger partial charge in [0.2, 0.25) is 5.91 Å². The number of Topliss-reactive ketones (excluding diaryl/α,β-unsaturated/α-hetero) is 1. The fourth-order valence-electron chi connectivity index (χ4n) is 3.02. The van der Waals surface area contributed by atoms with Crippen LogP contribution in [0.3, 0.4) is 0 Å². The van der Waals surface area contributed by atoms with Gasteiger partial charge in [0.1, 0.15) is 5.75 Å². The summed E-state index contributed by atoms with van der Waals surface area (Å²) in [6.45, 7) is 1.51. The molecular formula is C22H19N3O3S. The minimum absolute atomic E-state index is 0.00341. The minimum atomic E-state index is -0.125. The van der Waals surface area contributed by atoms with Crippen LogP contribution < -0.4 is 10.1 Å². The van der Waals surface area contributed by atoms with Crippen molar-refractivity contribution in [2.45, 2.75) is 13.3 Å². The number of nitrogens with one attached hydrogen (secondary N) is 1. The maximum absolute atomic E-state index is 12.5. The van der Waals surface area contributed by atoms with Gasteiger partial charge in [0.05, 0.1) is 19.2 Å². The Morgan fingerprint density at radius 1 is 1.10 bits per heavy atom. The number of methoxy groups -OCH3 is 1. The van der Waals surface area contributed by atoms with Gasteiger partial charge in [0.15, 0.2) is 10.7 Å². The van der Waals surface area contributed by atoms with Crippen LogP contribution in [0.1, 0.15) is 23.0 Å². The summed E-state index contributed by atoms with van der Waals surface area (Å²) < 4.78 is 7.14. The number of hydrogen-bond acceptors (Lipinski definition) is 5. The van der Waals surface area contributed by atoms with Crippen LogP contribution in [0, 0.1) is 0 Å². The van der Waals surface area contributed by atoms with Crippen molar-refractivity contribution in [2.75, 3.05) is 12.4 Å². The molecule has 0 saturated carbocycles. The molecule has 4 rings (SSSR count). The number of fused-ring (bicyclic) bond motifs is 1. The van der Waals surface area contributed by atoms with E-state index in [9.17, 15) is 9.59 Å². The quantitative estimate of drug-likeness (QED) is 0.481. The summed E-state index contributed by atoms with van der Waals surface area (Å²) >= 11 is 1.50. The molecule has 0 unspecified atom stereocenters. The number of hydrogen-bond donors (Lipinski definition) is 1. The Morgan fingerprint density at radius 3 is 2.48 bits per heavy atom. The molecule has 6 nitrogen and oxygen atoms in total. The van der Waals surface area contributed by atoms with Crippen molar-refractivity contribution in [1.82, 2.24) is 9.38 Å². The highest BCUT2D eigenvalue weighted by Gasteiger charge is 2.13. The molecule has 2 aromatic carbocycles. The van der Waals surface area contributed by atoms with Crippen LogP contribution in [0.4, 0.5) is 5.69 Å². The molecule has 0 fully saturated rings. The summed E-state index contributed by atoms with van der Waals surface area (Å²) in [5.41, 5.74) is 3.99. The highest BCUT2D eigenvalue weighted by molar-refractivity contribution is 7.15. The predicted octanol–water partition coefficient (Wildman–Crippen LogP) is 4.46. The largest absolute Gasteiger partial charge is 0.497 e. The number of thiazole rings is 1. The zero-order chi connectivity index (χ0) is 20.4. The maximum atomic E-state index is 12.5. The number of carbonyl (C=O) groups is 2. The third-order valence-corrected chi connectivity index (χ3v) is 5.47. The Balaban J connectivity index is 1.49. The molecule has 0 atom stereocenters. The van der Waals surface area contributed by atoms with Crippen LogP contribution in [-0.2, 0) is 11.2 Å². The number of ether oxygens (including phenoxy) is 1. The summed E-state index contributed by atoms with van der Waals surface area (Å²) in [6.07, 6.45) is 2.17. The molecule has 2 heterocycles. The predicted molar refractivity (Wildman–Crippen MR) is 114 cm³/mol. The zero-order valence-corrected chi connectivity index (χ0v) is 16.8. The molecule has 0 aliphatic rings. The van der Waals surface area contributed by atoms with E-state index in [-0.39, 0.29) is 18.1 Å². The van der Waals surface area contributed by atoms with Gasteiger partial charge >= 0.3 is 0 Å². The number of amides is 1. The van der Waals surface area contributed by atoms with E-state index in [4.69, 9.17) is 4.74 Å².